The van der Waals surface area contributed by atoms with Crippen molar-refractivity contribution < 1.29 is 14.7 Å². The molecule has 2 unspecified atom stereocenters. The fraction of sp³-hybridized carbons (Fsp3) is 0.889. The van der Waals surface area contributed by atoms with Crippen LogP contribution in [-0.2, 0) is 9.59 Å². The number of carbonyl (C=O) groups excluding carboxylic acids is 2. The molecular formula is C18H31N3O3. The fourth-order valence-corrected chi connectivity index (χ4v) is 4.34. The van der Waals surface area contributed by atoms with Gasteiger partial charge >= 0.3 is 0 Å². The Balaban J connectivity index is 1.53. The minimum absolute atomic E-state index is 0.0436. The van der Waals surface area contributed by atoms with Crippen molar-refractivity contribution in [1.82, 2.24) is 14.7 Å². The van der Waals surface area contributed by atoms with Crippen LogP contribution in [0.15, 0.2) is 0 Å². The standard InChI is InChI=1S/C18H31N3O3/c22-14-16-12-21(18(24)13-20-9-5-6-17(20)23)11-15(16)10-19-7-3-1-2-4-8-19/h15-16,22H,1-14H2. The SMILES string of the molecule is O=C1CCCN1CC(=O)N1CC(CO)C(CN2CCCCCC2)C1. The minimum Gasteiger partial charge on any atom is -0.396 e. The average molecular weight is 337 g/mol. The molecule has 2 amide bonds. The molecular weight excluding hydrogens is 306 g/mol. The highest BCUT2D eigenvalue weighted by Crippen LogP contribution is 2.25. The third-order valence-electron chi connectivity index (χ3n) is 5.85. The number of aliphatic hydroxyl groups is 1. The first-order valence-corrected chi connectivity index (χ1v) is 9.56. The molecule has 0 radical (unpaired) electrons. The molecule has 3 aliphatic heterocycles. The number of aliphatic hydroxyl groups excluding tert-OH is 1. The van der Waals surface area contributed by atoms with E-state index in [9.17, 15) is 14.7 Å². The summed E-state index contributed by atoms with van der Waals surface area (Å²) in [4.78, 5) is 30.3. The van der Waals surface area contributed by atoms with Crippen LogP contribution in [0.4, 0.5) is 0 Å². The van der Waals surface area contributed by atoms with Gasteiger partial charge in [-0.3, -0.25) is 9.59 Å². The van der Waals surface area contributed by atoms with E-state index in [0.29, 0.717) is 25.4 Å². The first kappa shape index (κ1) is 17.7. The van der Waals surface area contributed by atoms with Gasteiger partial charge in [-0.15, -0.1) is 0 Å². The summed E-state index contributed by atoms with van der Waals surface area (Å²) < 4.78 is 0. The summed E-state index contributed by atoms with van der Waals surface area (Å²) in [6.07, 6.45) is 6.59. The molecule has 3 fully saturated rings. The topological polar surface area (TPSA) is 64.1 Å². The molecule has 2 atom stereocenters. The van der Waals surface area contributed by atoms with E-state index in [2.05, 4.69) is 4.90 Å². The Kier molecular flexibility index (Phi) is 6.11. The zero-order chi connectivity index (χ0) is 16.9. The Hall–Kier alpha value is -1.14. The Morgan fingerprint density at radius 2 is 1.71 bits per heavy atom. The van der Waals surface area contributed by atoms with Crippen molar-refractivity contribution in [3.05, 3.63) is 0 Å². The lowest BCUT2D eigenvalue weighted by Gasteiger charge is -2.26. The predicted molar refractivity (Wildman–Crippen MR) is 91.4 cm³/mol. The van der Waals surface area contributed by atoms with Gasteiger partial charge in [0, 0.05) is 45.1 Å². The molecule has 24 heavy (non-hydrogen) atoms. The van der Waals surface area contributed by atoms with Gasteiger partial charge < -0.3 is 19.8 Å². The molecule has 136 valence electrons. The quantitative estimate of drug-likeness (QED) is 0.796. The number of rotatable bonds is 5. The van der Waals surface area contributed by atoms with E-state index in [1.54, 1.807) is 4.90 Å². The summed E-state index contributed by atoms with van der Waals surface area (Å²) in [6, 6.07) is 0. The molecule has 0 aromatic rings. The molecule has 0 saturated carbocycles. The maximum absolute atomic E-state index is 12.5. The second-order valence-electron chi connectivity index (χ2n) is 7.64. The van der Waals surface area contributed by atoms with E-state index in [-0.39, 0.29) is 30.9 Å². The molecule has 3 heterocycles. The van der Waals surface area contributed by atoms with Crippen LogP contribution in [0.25, 0.3) is 0 Å². The first-order chi connectivity index (χ1) is 11.7. The molecule has 3 aliphatic rings. The van der Waals surface area contributed by atoms with Gasteiger partial charge in [-0.1, -0.05) is 12.8 Å². The van der Waals surface area contributed by atoms with Crippen molar-refractivity contribution in [3.63, 3.8) is 0 Å². The Bertz CT molecular complexity index is 449. The summed E-state index contributed by atoms with van der Waals surface area (Å²) in [6.45, 7) is 5.70. The van der Waals surface area contributed by atoms with E-state index in [0.717, 1.165) is 32.6 Å². The highest BCUT2D eigenvalue weighted by molar-refractivity contribution is 5.86. The van der Waals surface area contributed by atoms with Crippen LogP contribution in [0, 0.1) is 11.8 Å². The van der Waals surface area contributed by atoms with Gasteiger partial charge in [-0.25, -0.2) is 0 Å². The smallest absolute Gasteiger partial charge is 0.242 e. The third-order valence-corrected chi connectivity index (χ3v) is 5.85. The molecule has 6 nitrogen and oxygen atoms in total. The number of hydrogen-bond acceptors (Lipinski definition) is 4. The zero-order valence-electron chi connectivity index (χ0n) is 14.7. The van der Waals surface area contributed by atoms with Crippen LogP contribution in [0.3, 0.4) is 0 Å². The van der Waals surface area contributed by atoms with Crippen LogP contribution in [0.1, 0.15) is 38.5 Å². The van der Waals surface area contributed by atoms with Crippen molar-refractivity contribution in [2.75, 3.05) is 52.4 Å². The summed E-state index contributed by atoms with van der Waals surface area (Å²) in [5, 5.41) is 9.73. The van der Waals surface area contributed by atoms with Crippen LogP contribution < -0.4 is 0 Å². The van der Waals surface area contributed by atoms with Crippen LogP contribution in [0.2, 0.25) is 0 Å². The van der Waals surface area contributed by atoms with E-state index in [4.69, 9.17) is 0 Å². The minimum atomic E-state index is 0.0436. The second kappa shape index (κ2) is 8.30. The van der Waals surface area contributed by atoms with Gasteiger partial charge in [0.05, 0.1) is 6.54 Å². The predicted octanol–water partition coefficient (Wildman–Crippen LogP) is 0.552. The molecule has 1 N–H and O–H groups in total. The molecule has 3 saturated heterocycles. The van der Waals surface area contributed by atoms with E-state index in [1.165, 1.54) is 25.7 Å². The lowest BCUT2D eigenvalue weighted by Crippen LogP contribution is -2.40. The largest absolute Gasteiger partial charge is 0.396 e. The highest BCUT2D eigenvalue weighted by Gasteiger charge is 2.36. The monoisotopic (exact) mass is 337 g/mol. The summed E-state index contributed by atoms with van der Waals surface area (Å²) in [5.41, 5.74) is 0. The van der Waals surface area contributed by atoms with Gasteiger partial charge in [0.2, 0.25) is 11.8 Å². The number of carbonyl (C=O) groups is 2. The van der Waals surface area contributed by atoms with Crippen LogP contribution in [-0.4, -0.2) is 84.0 Å². The molecule has 0 aliphatic carbocycles. The lowest BCUT2D eigenvalue weighted by molar-refractivity contribution is -0.137. The van der Waals surface area contributed by atoms with E-state index in [1.807, 2.05) is 4.90 Å². The van der Waals surface area contributed by atoms with Crippen molar-refractivity contribution in [2.24, 2.45) is 11.8 Å². The van der Waals surface area contributed by atoms with E-state index >= 15 is 0 Å². The van der Waals surface area contributed by atoms with Gasteiger partial charge in [0.25, 0.3) is 0 Å². The molecule has 0 aromatic heterocycles. The maximum Gasteiger partial charge on any atom is 0.242 e. The fourth-order valence-electron chi connectivity index (χ4n) is 4.34. The molecule has 3 rings (SSSR count). The zero-order valence-corrected chi connectivity index (χ0v) is 14.7. The van der Waals surface area contributed by atoms with Gasteiger partial charge in [-0.05, 0) is 38.3 Å². The average Bonchev–Trinajstić information content (AvgIpc) is 3.06. The second-order valence-corrected chi connectivity index (χ2v) is 7.64. The van der Waals surface area contributed by atoms with Crippen molar-refractivity contribution in [1.29, 1.82) is 0 Å². The Labute approximate surface area is 144 Å². The number of amides is 2. The van der Waals surface area contributed by atoms with Gasteiger partial charge in [-0.2, -0.15) is 0 Å². The number of hydrogen-bond donors (Lipinski definition) is 1. The van der Waals surface area contributed by atoms with Gasteiger partial charge in [0.15, 0.2) is 0 Å². The summed E-state index contributed by atoms with van der Waals surface area (Å²) >= 11 is 0. The molecule has 0 bridgehead atoms. The molecule has 0 spiro atoms. The van der Waals surface area contributed by atoms with Gasteiger partial charge in [0.1, 0.15) is 0 Å². The highest BCUT2D eigenvalue weighted by atomic mass is 16.3. The number of likely N-dealkylation sites (tertiary alicyclic amines) is 3. The van der Waals surface area contributed by atoms with Crippen LogP contribution in [0.5, 0.6) is 0 Å². The van der Waals surface area contributed by atoms with Crippen molar-refractivity contribution >= 4 is 11.8 Å². The third kappa shape index (κ3) is 4.28. The molecule has 6 heteroatoms. The summed E-state index contributed by atoms with van der Waals surface area (Å²) in [7, 11) is 0. The lowest BCUT2D eigenvalue weighted by atomic mass is 9.96. The Morgan fingerprint density at radius 3 is 2.33 bits per heavy atom. The maximum atomic E-state index is 12.5. The summed E-state index contributed by atoms with van der Waals surface area (Å²) in [5.74, 6) is 0.669. The van der Waals surface area contributed by atoms with Crippen molar-refractivity contribution in [2.45, 2.75) is 38.5 Å². The Morgan fingerprint density at radius 1 is 1.00 bits per heavy atom. The van der Waals surface area contributed by atoms with Crippen LogP contribution >= 0.6 is 0 Å². The molecule has 0 aromatic carbocycles. The van der Waals surface area contributed by atoms with E-state index < -0.39 is 0 Å². The number of nitrogens with zero attached hydrogens (tertiary/aromatic N) is 3. The first-order valence-electron chi connectivity index (χ1n) is 9.56. The normalized spacial score (nSPS) is 29.3. The van der Waals surface area contributed by atoms with Crippen molar-refractivity contribution in [3.8, 4) is 0 Å².